The van der Waals surface area contributed by atoms with Crippen LogP contribution < -0.4 is 0 Å². The Morgan fingerprint density at radius 2 is 2.18 bits per heavy atom. The first kappa shape index (κ1) is 10.5. The number of nitrogens with zero attached hydrogens (tertiary/aromatic N) is 3. The van der Waals surface area contributed by atoms with Gasteiger partial charge >= 0.3 is 0 Å². The molecule has 1 aliphatic heterocycles. The third-order valence-electron chi connectivity index (χ3n) is 3.29. The molecule has 2 aromatic rings. The predicted molar refractivity (Wildman–Crippen MR) is 63.6 cm³/mol. The average Bonchev–Trinajstić information content (AvgIpc) is 2.98. The highest BCUT2D eigenvalue weighted by molar-refractivity contribution is 5.53. The summed E-state index contributed by atoms with van der Waals surface area (Å²) < 4.78 is 7.62. The second-order valence-corrected chi connectivity index (χ2v) is 4.38. The molecular formula is C12H16N4O. The van der Waals surface area contributed by atoms with Gasteiger partial charge in [0, 0.05) is 37.3 Å². The third-order valence-corrected chi connectivity index (χ3v) is 3.29. The first-order chi connectivity index (χ1) is 8.36. The van der Waals surface area contributed by atoms with Crippen molar-refractivity contribution in [2.75, 3.05) is 13.2 Å². The summed E-state index contributed by atoms with van der Waals surface area (Å²) in [5.41, 5.74) is 2.01. The molecule has 0 radical (unpaired) electrons. The molecule has 5 heteroatoms. The zero-order chi connectivity index (χ0) is 11.7. The fourth-order valence-corrected chi connectivity index (χ4v) is 2.34. The lowest BCUT2D eigenvalue weighted by atomic mass is 10.1. The quantitative estimate of drug-likeness (QED) is 0.860. The summed E-state index contributed by atoms with van der Waals surface area (Å²) in [6.07, 6.45) is 7.70. The van der Waals surface area contributed by atoms with Crippen LogP contribution in [0.1, 0.15) is 24.6 Å². The van der Waals surface area contributed by atoms with Crippen LogP contribution in [0.25, 0.3) is 11.5 Å². The number of hydrogen-bond donors (Lipinski definition) is 1. The number of hydrogen-bond acceptors (Lipinski definition) is 3. The van der Waals surface area contributed by atoms with E-state index in [2.05, 4.69) is 19.5 Å². The number of H-pyrrole nitrogens is 1. The van der Waals surface area contributed by atoms with Crippen LogP contribution in [0.3, 0.4) is 0 Å². The van der Waals surface area contributed by atoms with E-state index in [4.69, 9.17) is 4.74 Å². The van der Waals surface area contributed by atoms with E-state index in [9.17, 15) is 0 Å². The van der Waals surface area contributed by atoms with Crippen LogP contribution in [0.5, 0.6) is 0 Å². The molecule has 0 bridgehead atoms. The molecule has 5 nitrogen and oxygen atoms in total. The summed E-state index contributed by atoms with van der Waals surface area (Å²) in [6, 6.07) is 0.484. The highest BCUT2D eigenvalue weighted by Crippen LogP contribution is 2.27. The molecule has 1 aliphatic rings. The van der Waals surface area contributed by atoms with Crippen molar-refractivity contribution >= 4 is 0 Å². The van der Waals surface area contributed by atoms with Crippen LogP contribution in [0, 0.1) is 6.92 Å². The van der Waals surface area contributed by atoms with Gasteiger partial charge in [0.1, 0.15) is 5.69 Å². The zero-order valence-electron chi connectivity index (χ0n) is 9.89. The Hall–Kier alpha value is -1.62. The van der Waals surface area contributed by atoms with Crippen LogP contribution in [0.4, 0.5) is 0 Å². The van der Waals surface area contributed by atoms with Gasteiger partial charge in [-0.3, -0.25) is 0 Å². The largest absolute Gasteiger partial charge is 0.381 e. The number of rotatable bonds is 2. The van der Waals surface area contributed by atoms with E-state index in [1.54, 1.807) is 6.33 Å². The van der Waals surface area contributed by atoms with Crippen molar-refractivity contribution in [3.8, 4) is 11.5 Å². The Labute approximate surface area is 99.9 Å². The fourth-order valence-electron chi connectivity index (χ4n) is 2.34. The van der Waals surface area contributed by atoms with E-state index in [0.29, 0.717) is 6.04 Å². The number of aromatic nitrogens is 4. The van der Waals surface area contributed by atoms with Gasteiger partial charge in [-0.2, -0.15) is 0 Å². The van der Waals surface area contributed by atoms with Crippen molar-refractivity contribution in [1.29, 1.82) is 0 Å². The smallest absolute Gasteiger partial charge is 0.160 e. The maximum Gasteiger partial charge on any atom is 0.160 e. The van der Waals surface area contributed by atoms with Crippen LogP contribution >= 0.6 is 0 Å². The van der Waals surface area contributed by atoms with Crippen LogP contribution in [-0.2, 0) is 4.74 Å². The van der Waals surface area contributed by atoms with E-state index in [1.807, 2.05) is 19.3 Å². The number of ether oxygens (including phenoxy) is 1. The summed E-state index contributed by atoms with van der Waals surface area (Å²) in [4.78, 5) is 11.9. The van der Waals surface area contributed by atoms with E-state index < -0.39 is 0 Å². The fraction of sp³-hybridized carbons (Fsp3) is 0.500. The van der Waals surface area contributed by atoms with Gasteiger partial charge in [0.15, 0.2) is 5.82 Å². The molecule has 0 spiro atoms. The highest BCUT2D eigenvalue weighted by Gasteiger charge is 2.20. The second-order valence-electron chi connectivity index (χ2n) is 4.38. The van der Waals surface area contributed by atoms with Gasteiger partial charge < -0.3 is 14.3 Å². The van der Waals surface area contributed by atoms with Gasteiger partial charge in [0.25, 0.3) is 0 Å². The third kappa shape index (κ3) is 1.86. The molecular weight excluding hydrogens is 216 g/mol. The molecule has 2 aromatic heterocycles. The monoisotopic (exact) mass is 232 g/mol. The zero-order valence-corrected chi connectivity index (χ0v) is 9.89. The van der Waals surface area contributed by atoms with E-state index in [1.165, 1.54) is 0 Å². The van der Waals surface area contributed by atoms with Gasteiger partial charge in [-0.25, -0.2) is 9.97 Å². The Morgan fingerprint density at radius 1 is 1.35 bits per heavy atom. The maximum atomic E-state index is 5.40. The highest BCUT2D eigenvalue weighted by atomic mass is 16.5. The summed E-state index contributed by atoms with van der Waals surface area (Å²) in [5, 5.41) is 0. The number of aryl methyl sites for hydroxylation is 1. The molecule has 0 atom stereocenters. The molecule has 0 amide bonds. The van der Waals surface area contributed by atoms with Gasteiger partial charge in [0.05, 0.1) is 6.33 Å². The van der Waals surface area contributed by atoms with Crippen molar-refractivity contribution in [1.82, 2.24) is 19.5 Å². The van der Waals surface area contributed by atoms with Crippen LogP contribution in [-0.4, -0.2) is 32.7 Å². The molecule has 17 heavy (non-hydrogen) atoms. The Balaban J connectivity index is 1.96. The topological polar surface area (TPSA) is 55.7 Å². The first-order valence-corrected chi connectivity index (χ1v) is 5.97. The SMILES string of the molecule is Cc1[nH]cnc1-c1nccn1C1CCOCC1. The maximum absolute atomic E-state index is 5.40. The predicted octanol–water partition coefficient (Wildman–Crippen LogP) is 1.93. The molecule has 3 rings (SSSR count). The van der Waals surface area contributed by atoms with Gasteiger partial charge in [-0.05, 0) is 19.8 Å². The van der Waals surface area contributed by atoms with E-state index in [0.717, 1.165) is 43.3 Å². The summed E-state index contributed by atoms with van der Waals surface area (Å²) in [5.74, 6) is 0.954. The first-order valence-electron chi connectivity index (χ1n) is 5.97. The van der Waals surface area contributed by atoms with Gasteiger partial charge in [-0.15, -0.1) is 0 Å². The lowest BCUT2D eigenvalue weighted by Crippen LogP contribution is -2.19. The Morgan fingerprint density at radius 3 is 2.88 bits per heavy atom. The van der Waals surface area contributed by atoms with Crippen molar-refractivity contribution in [3.63, 3.8) is 0 Å². The molecule has 90 valence electrons. The summed E-state index contributed by atoms with van der Waals surface area (Å²) in [7, 11) is 0. The molecule has 1 N–H and O–H groups in total. The van der Waals surface area contributed by atoms with Crippen molar-refractivity contribution in [2.45, 2.75) is 25.8 Å². The van der Waals surface area contributed by atoms with Gasteiger partial charge in [-0.1, -0.05) is 0 Å². The molecule has 3 heterocycles. The van der Waals surface area contributed by atoms with Crippen LogP contribution in [0.2, 0.25) is 0 Å². The van der Waals surface area contributed by atoms with Gasteiger partial charge in [0.2, 0.25) is 0 Å². The van der Waals surface area contributed by atoms with Crippen LogP contribution in [0.15, 0.2) is 18.7 Å². The Kier molecular flexibility index (Phi) is 2.68. The molecule has 1 fully saturated rings. The normalized spacial score (nSPS) is 17.5. The lowest BCUT2D eigenvalue weighted by molar-refractivity contribution is 0.0700. The minimum absolute atomic E-state index is 0.484. The molecule has 0 aromatic carbocycles. The minimum atomic E-state index is 0.484. The summed E-state index contributed by atoms with van der Waals surface area (Å²) >= 11 is 0. The second kappa shape index (κ2) is 4.33. The Bertz CT molecular complexity index is 496. The number of aromatic amines is 1. The van der Waals surface area contributed by atoms with Crippen molar-refractivity contribution < 1.29 is 4.74 Å². The molecule has 0 saturated carbocycles. The van der Waals surface area contributed by atoms with E-state index >= 15 is 0 Å². The minimum Gasteiger partial charge on any atom is -0.381 e. The number of imidazole rings is 2. The standard InChI is InChI=1S/C12H16N4O/c1-9-11(15-8-14-9)12-13-4-5-16(12)10-2-6-17-7-3-10/h4-5,8,10H,2-3,6-7H2,1H3,(H,14,15). The molecule has 1 saturated heterocycles. The average molecular weight is 232 g/mol. The van der Waals surface area contributed by atoms with E-state index in [-0.39, 0.29) is 0 Å². The number of nitrogens with one attached hydrogen (secondary N) is 1. The van der Waals surface area contributed by atoms with Crippen molar-refractivity contribution in [3.05, 3.63) is 24.4 Å². The lowest BCUT2D eigenvalue weighted by Gasteiger charge is -2.24. The van der Waals surface area contributed by atoms with Crippen molar-refractivity contribution in [2.24, 2.45) is 0 Å². The molecule has 0 unspecified atom stereocenters. The molecule has 0 aliphatic carbocycles. The summed E-state index contributed by atoms with van der Waals surface area (Å²) in [6.45, 7) is 3.69.